The Hall–Kier alpha value is -5.29. The SMILES string of the molecule is OCC[C@@H]1C[C@@H](c2ccc(CCc3c(O)c(O)c4c(O)cccc4c3/C=C/c3ccc(O)c(O)c3)cc2)N[C@H]2[C@H]1C[C@H]1CCC[C@]13CC[C@@]14CCC[C@@H]1C=C[C@@H](O)[C@H]4[C@]23c1cnc[nH]1. The summed E-state index contributed by atoms with van der Waals surface area (Å²) >= 11 is 0. The molecule has 5 fully saturated rings. The van der Waals surface area contributed by atoms with Crippen LogP contribution in [-0.2, 0) is 18.3 Å². The number of piperidine rings is 1. The summed E-state index contributed by atoms with van der Waals surface area (Å²) in [6.07, 6.45) is 24.8. The Morgan fingerprint density at radius 1 is 0.797 bits per heavy atom. The molecule has 0 unspecified atom stereocenters. The quantitative estimate of drug-likeness (QED) is 0.0396. The van der Waals surface area contributed by atoms with Crippen molar-refractivity contribution >= 4 is 22.9 Å². The van der Waals surface area contributed by atoms with Gasteiger partial charge >= 0.3 is 0 Å². The van der Waals surface area contributed by atoms with Crippen molar-refractivity contribution in [3.05, 3.63) is 119 Å². The predicted octanol–water partition coefficient (Wildman–Crippen LogP) is 9.32. The van der Waals surface area contributed by atoms with Crippen LogP contribution < -0.4 is 5.32 Å². The minimum Gasteiger partial charge on any atom is -0.507 e. The number of allylic oxidation sites excluding steroid dienone is 1. The van der Waals surface area contributed by atoms with Crippen LogP contribution in [0.1, 0.15) is 110 Å². The predicted molar refractivity (Wildman–Crippen MR) is 247 cm³/mol. The number of phenols is 5. The normalized spacial score (nSPS) is 34.0. The van der Waals surface area contributed by atoms with Gasteiger partial charge in [-0.2, -0.15) is 0 Å². The van der Waals surface area contributed by atoms with Gasteiger partial charge in [0.15, 0.2) is 23.0 Å². The molecule has 5 aromatic rings. The van der Waals surface area contributed by atoms with Gasteiger partial charge in [0, 0.05) is 47.5 Å². The number of aromatic nitrogens is 2. The number of aromatic amines is 1. The molecule has 5 aliphatic carbocycles. The first-order valence-corrected chi connectivity index (χ1v) is 23.8. The number of phenolic OH excluding ortho intramolecular Hbond substituents is 5. The van der Waals surface area contributed by atoms with E-state index in [1.54, 1.807) is 30.4 Å². The van der Waals surface area contributed by atoms with E-state index in [0.29, 0.717) is 58.6 Å². The minimum absolute atomic E-state index is 0.0415. The smallest absolute Gasteiger partial charge is 0.169 e. The van der Waals surface area contributed by atoms with Crippen LogP contribution in [0.2, 0.25) is 0 Å². The number of fused-ring (bicyclic) bond motifs is 4. The molecule has 1 saturated heterocycles. The molecule has 4 saturated carbocycles. The van der Waals surface area contributed by atoms with Crippen molar-refractivity contribution in [2.45, 2.75) is 107 Å². The standard InChI is InChI=1S/C54H61N3O7/c58-25-20-34-27-41(57-51-40(34)28-36-5-3-22-53(36)24-23-52-21-2-4-35(52)15-19-44(61)50(52)54(51,53)46-29-55-30-56-46)33-13-8-31(9-14-33)10-17-39-37(16-11-32-12-18-42(59)45(62)26-32)38-6-1-7-43(60)47(38)49(64)48(39)63/h1,6-9,11-16,18-19,26,29-30,34-36,40-41,44,50-51,57-64H,2-5,10,17,20-25,27-28H2,(H,55,56)/b16-11+/t34-,35-,36-,40+,41+,44-,50-,51+,52+,53+,54-/m1/s1. The first-order valence-electron chi connectivity index (χ1n) is 23.8. The molecule has 64 heavy (non-hydrogen) atoms. The van der Waals surface area contributed by atoms with Crippen LogP contribution in [0.15, 0.2) is 85.3 Å². The Kier molecular flexibility index (Phi) is 10.2. The molecule has 11 rings (SSSR count). The van der Waals surface area contributed by atoms with Gasteiger partial charge in [-0.3, -0.25) is 0 Å². The molecule has 2 heterocycles. The molecule has 11 atom stereocenters. The summed E-state index contributed by atoms with van der Waals surface area (Å²) in [5, 5.41) is 81.8. The first kappa shape index (κ1) is 41.4. The number of hydrogen-bond acceptors (Lipinski definition) is 9. The zero-order valence-electron chi connectivity index (χ0n) is 36.3. The van der Waals surface area contributed by atoms with Gasteiger partial charge in [0.25, 0.3) is 0 Å². The van der Waals surface area contributed by atoms with Gasteiger partial charge < -0.3 is 46.0 Å². The molecular weight excluding hydrogens is 803 g/mol. The molecule has 10 nitrogen and oxygen atoms in total. The molecule has 1 aliphatic heterocycles. The summed E-state index contributed by atoms with van der Waals surface area (Å²) in [6.45, 7) is 0.151. The van der Waals surface area contributed by atoms with E-state index in [1.807, 2.05) is 6.33 Å². The average Bonchev–Trinajstić information content (AvgIpc) is 4.09. The zero-order valence-corrected chi connectivity index (χ0v) is 36.3. The van der Waals surface area contributed by atoms with E-state index >= 15 is 0 Å². The molecule has 334 valence electrons. The second-order valence-electron chi connectivity index (χ2n) is 20.4. The molecule has 0 bridgehead atoms. The molecule has 9 N–H and O–H groups in total. The Morgan fingerprint density at radius 2 is 1.64 bits per heavy atom. The van der Waals surface area contributed by atoms with Gasteiger partial charge in [0.05, 0.1) is 17.8 Å². The second-order valence-corrected chi connectivity index (χ2v) is 20.4. The molecule has 10 heteroatoms. The van der Waals surface area contributed by atoms with E-state index in [2.05, 4.69) is 52.9 Å². The van der Waals surface area contributed by atoms with Crippen LogP contribution in [0.5, 0.6) is 28.7 Å². The van der Waals surface area contributed by atoms with Crippen molar-refractivity contribution in [3.8, 4) is 28.7 Å². The number of imidazole rings is 1. The van der Waals surface area contributed by atoms with E-state index < -0.39 is 6.10 Å². The number of hydrogen-bond donors (Lipinski definition) is 9. The first-order chi connectivity index (χ1) is 31.1. The van der Waals surface area contributed by atoms with Crippen LogP contribution in [-0.4, -0.2) is 64.5 Å². The van der Waals surface area contributed by atoms with Gasteiger partial charge in [0.2, 0.25) is 0 Å². The molecule has 6 aliphatic rings. The van der Waals surface area contributed by atoms with Gasteiger partial charge in [-0.1, -0.05) is 79.6 Å². The van der Waals surface area contributed by atoms with E-state index in [9.17, 15) is 35.7 Å². The third-order valence-electron chi connectivity index (χ3n) is 18.0. The number of benzene rings is 4. The van der Waals surface area contributed by atoms with Gasteiger partial charge in [-0.15, -0.1) is 0 Å². The van der Waals surface area contributed by atoms with Crippen molar-refractivity contribution in [1.29, 1.82) is 0 Å². The highest BCUT2D eigenvalue weighted by atomic mass is 16.3. The van der Waals surface area contributed by atoms with E-state index in [-0.39, 0.29) is 75.0 Å². The second kappa shape index (κ2) is 15.7. The summed E-state index contributed by atoms with van der Waals surface area (Å²) < 4.78 is 0. The number of nitrogens with one attached hydrogen (secondary N) is 2. The monoisotopic (exact) mass is 863 g/mol. The topological polar surface area (TPSA) is 182 Å². The maximum Gasteiger partial charge on any atom is 0.169 e. The summed E-state index contributed by atoms with van der Waals surface area (Å²) in [5.41, 5.74) is 4.97. The van der Waals surface area contributed by atoms with E-state index in [0.717, 1.165) is 31.2 Å². The molecule has 1 aromatic heterocycles. The number of aliphatic hydroxyl groups excluding tert-OH is 2. The lowest BCUT2D eigenvalue weighted by atomic mass is 9.32. The van der Waals surface area contributed by atoms with E-state index in [4.69, 9.17) is 4.98 Å². The third-order valence-corrected chi connectivity index (χ3v) is 18.0. The Labute approximate surface area is 374 Å². The summed E-state index contributed by atoms with van der Waals surface area (Å²) in [7, 11) is 0. The fourth-order valence-electron chi connectivity index (χ4n) is 15.6. The summed E-state index contributed by atoms with van der Waals surface area (Å²) in [6, 6.07) is 18.4. The minimum atomic E-state index is -0.542. The lowest BCUT2D eigenvalue weighted by Gasteiger charge is -2.73. The fraction of sp³-hybridized carbons (Fsp3) is 0.463. The van der Waals surface area contributed by atoms with Gasteiger partial charge in [-0.05, 0) is 151 Å². The van der Waals surface area contributed by atoms with Crippen LogP contribution in [0, 0.1) is 40.4 Å². The summed E-state index contributed by atoms with van der Waals surface area (Å²) in [5.74, 6) is 0.494. The van der Waals surface area contributed by atoms with Crippen molar-refractivity contribution in [1.82, 2.24) is 15.3 Å². The maximum absolute atomic E-state index is 12.5. The Morgan fingerprint density at radius 3 is 2.44 bits per heavy atom. The lowest BCUT2D eigenvalue weighted by Crippen LogP contribution is -2.77. The van der Waals surface area contributed by atoms with Crippen LogP contribution in [0.25, 0.3) is 22.9 Å². The van der Waals surface area contributed by atoms with Crippen molar-refractivity contribution < 1.29 is 35.7 Å². The highest BCUT2D eigenvalue weighted by Gasteiger charge is 2.77. The molecular formula is C54H61N3O7. The van der Waals surface area contributed by atoms with Gasteiger partial charge in [0.1, 0.15) is 5.75 Å². The molecule has 0 radical (unpaired) electrons. The Bertz CT molecular complexity index is 2630. The largest absolute Gasteiger partial charge is 0.507 e. The van der Waals surface area contributed by atoms with Gasteiger partial charge in [-0.25, -0.2) is 4.98 Å². The number of nitrogens with zero attached hydrogens (tertiary/aromatic N) is 1. The summed E-state index contributed by atoms with van der Waals surface area (Å²) in [4.78, 5) is 8.48. The molecule has 4 aromatic carbocycles. The van der Waals surface area contributed by atoms with Crippen molar-refractivity contribution in [2.24, 2.45) is 40.4 Å². The van der Waals surface area contributed by atoms with Crippen LogP contribution in [0.3, 0.4) is 0 Å². The zero-order chi connectivity index (χ0) is 44.0. The van der Waals surface area contributed by atoms with Crippen LogP contribution >= 0.6 is 0 Å². The number of aryl methyl sites for hydroxylation is 1. The fourth-order valence-corrected chi connectivity index (χ4v) is 15.6. The molecule has 0 amide bonds. The maximum atomic E-state index is 12.5. The molecule has 2 spiro atoms. The number of rotatable bonds is 9. The highest BCUT2D eigenvalue weighted by molar-refractivity contribution is 6.03. The number of aliphatic hydroxyl groups is 2. The number of H-pyrrole nitrogens is 1. The average molecular weight is 864 g/mol. The highest BCUT2D eigenvalue weighted by Crippen LogP contribution is 2.78. The van der Waals surface area contributed by atoms with Crippen molar-refractivity contribution in [3.63, 3.8) is 0 Å². The van der Waals surface area contributed by atoms with E-state index in [1.165, 1.54) is 74.4 Å². The van der Waals surface area contributed by atoms with Crippen molar-refractivity contribution in [2.75, 3.05) is 6.61 Å². The Balaban J connectivity index is 0.940. The lowest BCUT2D eigenvalue weighted by molar-refractivity contribution is -0.204. The number of aromatic hydroxyl groups is 5. The third kappa shape index (κ3) is 6.04. The van der Waals surface area contributed by atoms with Crippen LogP contribution in [0.4, 0.5) is 0 Å².